The molecular weight excluding hydrogens is 251 g/mol. The van der Waals surface area contributed by atoms with Gasteiger partial charge in [0.1, 0.15) is 11.6 Å². The van der Waals surface area contributed by atoms with Crippen molar-refractivity contribution in [2.24, 2.45) is 12.8 Å². The third-order valence-electron chi connectivity index (χ3n) is 2.55. The maximum atomic E-state index is 12.8. The first kappa shape index (κ1) is 13.0. The van der Waals surface area contributed by atoms with Crippen LogP contribution >= 0.6 is 11.8 Å². The molecular formula is C12H15FN4S. The molecule has 0 amide bonds. The maximum Gasteiger partial charge on any atom is 0.191 e. The van der Waals surface area contributed by atoms with Gasteiger partial charge in [-0.05, 0) is 17.7 Å². The lowest BCUT2D eigenvalue weighted by molar-refractivity contribution is 0.627. The van der Waals surface area contributed by atoms with E-state index in [0.717, 1.165) is 22.3 Å². The Morgan fingerprint density at radius 1 is 1.28 bits per heavy atom. The van der Waals surface area contributed by atoms with Crippen molar-refractivity contribution < 1.29 is 4.39 Å². The van der Waals surface area contributed by atoms with E-state index in [1.807, 2.05) is 11.6 Å². The predicted molar refractivity (Wildman–Crippen MR) is 70.0 cm³/mol. The molecule has 0 aliphatic rings. The average molecular weight is 266 g/mol. The molecule has 96 valence electrons. The molecule has 1 heterocycles. The zero-order valence-corrected chi connectivity index (χ0v) is 11.0. The van der Waals surface area contributed by atoms with Gasteiger partial charge in [0.25, 0.3) is 0 Å². The largest absolute Gasteiger partial charge is 0.330 e. The molecule has 0 unspecified atom stereocenters. The summed E-state index contributed by atoms with van der Waals surface area (Å²) in [7, 11) is 1.93. The van der Waals surface area contributed by atoms with Gasteiger partial charge >= 0.3 is 0 Å². The van der Waals surface area contributed by atoms with Crippen LogP contribution in [0.3, 0.4) is 0 Å². The standard InChI is InChI=1S/C12H15FN4S/c1-17-11(15-16-12(17)18-7-6-14)8-9-2-4-10(13)5-3-9/h2-5H,6-8,14H2,1H3. The summed E-state index contributed by atoms with van der Waals surface area (Å²) in [5.74, 6) is 1.46. The molecule has 0 aliphatic carbocycles. The Balaban J connectivity index is 2.09. The van der Waals surface area contributed by atoms with Gasteiger partial charge in [0.05, 0.1) is 0 Å². The summed E-state index contributed by atoms with van der Waals surface area (Å²) < 4.78 is 14.7. The van der Waals surface area contributed by atoms with Crippen LogP contribution in [-0.2, 0) is 13.5 Å². The molecule has 0 saturated heterocycles. The number of benzene rings is 1. The zero-order chi connectivity index (χ0) is 13.0. The molecule has 0 bridgehead atoms. The first-order valence-corrected chi connectivity index (χ1v) is 6.65. The van der Waals surface area contributed by atoms with Crippen molar-refractivity contribution in [1.82, 2.24) is 14.8 Å². The van der Waals surface area contributed by atoms with E-state index in [2.05, 4.69) is 10.2 Å². The third kappa shape index (κ3) is 3.08. The van der Waals surface area contributed by atoms with Crippen LogP contribution < -0.4 is 5.73 Å². The van der Waals surface area contributed by atoms with E-state index in [9.17, 15) is 4.39 Å². The Bertz CT molecular complexity index is 509. The van der Waals surface area contributed by atoms with E-state index in [-0.39, 0.29) is 5.82 Å². The Kier molecular flexibility index (Phi) is 4.33. The highest BCUT2D eigenvalue weighted by molar-refractivity contribution is 7.99. The van der Waals surface area contributed by atoms with Crippen molar-refractivity contribution >= 4 is 11.8 Å². The van der Waals surface area contributed by atoms with Crippen LogP contribution in [0.15, 0.2) is 29.4 Å². The summed E-state index contributed by atoms with van der Waals surface area (Å²) in [4.78, 5) is 0. The van der Waals surface area contributed by atoms with Crippen LogP contribution in [0.25, 0.3) is 0 Å². The number of thioether (sulfide) groups is 1. The minimum Gasteiger partial charge on any atom is -0.330 e. The quantitative estimate of drug-likeness (QED) is 0.835. The van der Waals surface area contributed by atoms with Gasteiger partial charge in [0, 0.05) is 25.8 Å². The van der Waals surface area contributed by atoms with Crippen LogP contribution in [-0.4, -0.2) is 27.1 Å². The molecule has 0 saturated carbocycles. The van der Waals surface area contributed by atoms with E-state index in [1.165, 1.54) is 12.1 Å². The van der Waals surface area contributed by atoms with Crippen molar-refractivity contribution in [3.8, 4) is 0 Å². The van der Waals surface area contributed by atoms with Gasteiger partial charge in [-0.1, -0.05) is 23.9 Å². The highest BCUT2D eigenvalue weighted by Crippen LogP contribution is 2.16. The molecule has 0 aliphatic heterocycles. The van der Waals surface area contributed by atoms with Crippen LogP contribution in [0.2, 0.25) is 0 Å². The number of hydrogen-bond donors (Lipinski definition) is 1. The molecule has 6 heteroatoms. The average Bonchev–Trinajstić information content (AvgIpc) is 2.71. The highest BCUT2D eigenvalue weighted by Gasteiger charge is 2.09. The van der Waals surface area contributed by atoms with Gasteiger partial charge in [0.15, 0.2) is 5.16 Å². The summed E-state index contributed by atoms with van der Waals surface area (Å²) in [6.45, 7) is 0.616. The number of aromatic nitrogens is 3. The molecule has 1 aromatic carbocycles. The molecule has 18 heavy (non-hydrogen) atoms. The first-order valence-electron chi connectivity index (χ1n) is 5.66. The Labute approximate surface area is 109 Å². The fourth-order valence-electron chi connectivity index (χ4n) is 1.56. The second kappa shape index (κ2) is 5.97. The number of nitrogens with two attached hydrogens (primary N) is 1. The van der Waals surface area contributed by atoms with Crippen LogP contribution in [0.1, 0.15) is 11.4 Å². The van der Waals surface area contributed by atoms with Crippen LogP contribution in [0.5, 0.6) is 0 Å². The van der Waals surface area contributed by atoms with E-state index >= 15 is 0 Å². The molecule has 2 aromatic rings. The first-order chi connectivity index (χ1) is 8.70. The SMILES string of the molecule is Cn1c(Cc2ccc(F)cc2)nnc1SCCN. The monoisotopic (exact) mass is 266 g/mol. The molecule has 4 nitrogen and oxygen atoms in total. The van der Waals surface area contributed by atoms with Crippen LogP contribution in [0.4, 0.5) is 4.39 Å². The Hall–Kier alpha value is -1.40. The fourth-order valence-corrected chi connectivity index (χ4v) is 2.26. The van der Waals surface area contributed by atoms with E-state index in [0.29, 0.717) is 13.0 Å². The smallest absolute Gasteiger partial charge is 0.191 e. The lowest BCUT2D eigenvalue weighted by Crippen LogP contribution is -2.04. The molecule has 0 atom stereocenters. The summed E-state index contributed by atoms with van der Waals surface area (Å²) >= 11 is 1.59. The number of rotatable bonds is 5. The third-order valence-corrected chi connectivity index (χ3v) is 3.60. The van der Waals surface area contributed by atoms with Gasteiger partial charge in [-0.2, -0.15) is 0 Å². The van der Waals surface area contributed by atoms with Gasteiger partial charge in [-0.3, -0.25) is 0 Å². The minimum absolute atomic E-state index is 0.226. The summed E-state index contributed by atoms with van der Waals surface area (Å²) in [5, 5.41) is 9.12. The van der Waals surface area contributed by atoms with Gasteiger partial charge < -0.3 is 10.3 Å². The molecule has 0 radical (unpaired) electrons. The summed E-state index contributed by atoms with van der Waals surface area (Å²) in [5.41, 5.74) is 6.47. The Morgan fingerprint density at radius 3 is 2.67 bits per heavy atom. The minimum atomic E-state index is -0.226. The second-order valence-electron chi connectivity index (χ2n) is 3.90. The van der Waals surface area contributed by atoms with Gasteiger partial charge in [-0.25, -0.2) is 4.39 Å². The Morgan fingerprint density at radius 2 is 2.00 bits per heavy atom. The van der Waals surface area contributed by atoms with E-state index < -0.39 is 0 Å². The van der Waals surface area contributed by atoms with Gasteiger partial charge in [-0.15, -0.1) is 10.2 Å². The number of nitrogens with zero attached hydrogens (tertiary/aromatic N) is 3. The van der Waals surface area contributed by atoms with Crippen molar-refractivity contribution in [2.45, 2.75) is 11.6 Å². The number of hydrogen-bond acceptors (Lipinski definition) is 4. The van der Waals surface area contributed by atoms with E-state index in [1.54, 1.807) is 23.9 Å². The van der Waals surface area contributed by atoms with Crippen molar-refractivity contribution in [2.75, 3.05) is 12.3 Å². The fraction of sp³-hybridized carbons (Fsp3) is 0.333. The van der Waals surface area contributed by atoms with Crippen molar-refractivity contribution in [3.05, 3.63) is 41.5 Å². The predicted octanol–water partition coefficient (Wildman–Crippen LogP) is 1.60. The second-order valence-corrected chi connectivity index (χ2v) is 4.96. The lowest BCUT2D eigenvalue weighted by atomic mass is 10.1. The van der Waals surface area contributed by atoms with Crippen molar-refractivity contribution in [3.63, 3.8) is 0 Å². The maximum absolute atomic E-state index is 12.8. The summed E-state index contributed by atoms with van der Waals surface area (Å²) in [6, 6.07) is 6.43. The summed E-state index contributed by atoms with van der Waals surface area (Å²) in [6.07, 6.45) is 0.646. The van der Waals surface area contributed by atoms with E-state index in [4.69, 9.17) is 5.73 Å². The normalized spacial score (nSPS) is 10.8. The molecule has 1 aromatic heterocycles. The van der Waals surface area contributed by atoms with Crippen molar-refractivity contribution in [1.29, 1.82) is 0 Å². The lowest BCUT2D eigenvalue weighted by Gasteiger charge is -2.03. The van der Waals surface area contributed by atoms with Gasteiger partial charge in [0.2, 0.25) is 0 Å². The highest BCUT2D eigenvalue weighted by atomic mass is 32.2. The molecule has 2 N–H and O–H groups in total. The molecule has 0 fully saturated rings. The molecule has 0 spiro atoms. The molecule has 2 rings (SSSR count). The topological polar surface area (TPSA) is 56.7 Å². The zero-order valence-electron chi connectivity index (χ0n) is 10.1. The van der Waals surface area contributed by atoms with Crippen LogP contribution in [0, 0.1) is 5.82 Å². The number of halogens is 1.